The molecule has 0 unspecified atom stereocenters. The maximum Gasteiger partial charge on any atom is 0.239 e. The molecule has 0 atom stereocenters. The summed E-state index contributed by atoms with van der Waals surface area (Å²) in [5.41, 5.74) is 0.710. The van der Waals surface area contributed by atoms with Gasteiger partial charge in [-0.25, -0.2) is 12.8 Å². The molecule has 0 saturated carbocycles. The molecule has 0 aliphatic rings. The Balaban J connectivity index is 1.84. The predicted molar refractivity (Wildman–Crippen MR) is 92.0 cm³/mol. The molecular formula is C17H17FN2O4S. The van der Waals surface area contributed by atoms with Crippen molar-refractivity contribution < 1.29 is 22.4 Å². The summed E-state index contributed by atoms with van der Waals surface area (Å²) in [5, 5.41) is 4.77. The molecule has 0 heterocycles. The van der Waals surface area contributed by atoms with Crippen molar-refractivity contribution in [1.29, 1.82) is 0 Å². The molecule has 8 heteroatoms. The van der Waals surface area contributed by atoms with Gasteiger partial charge in [0.2, 0.25) is 11.8 Å². The second kappa shape index (κ2) is 8.39. The quantitative estimate of drug-likeness (QED) is 0.779. The Morgan fingerprint density at radius 1 is 0.880 bits per heavy atom. The third-order valence-electron chi connectivity index (χ3n) is 3.19. The molecule has 0 aliphatic carbocycles. The van der Waals surface area contributed by atoms with Gasteiger partial charge in [-0.3, -0.25) is 9.59 Å². The Bertz CT molecular complexity index is 854. The van der Waals surface area contributed by atoms with Crippen LogP contribution in [0.3, 0.4) is 0 Å². The van der Waals surface area contributed by atoms with Gasteiger partial charge in [0.15, 0.2) is 9.84 Å². The fraction of sp³-hybridized carbons (Fsp3) is 0.176. The van der Waals surface area contributed by atoms with Crippen molar-refractivity contribution >= 4 is 27.3 Å². The average molecular weight is 364 g/mol. The van der Waals surface area contributed by atoms with E-state index in [0.717, 1.165) is 0 Å². The molecule has 0 aromatic heterocycles. The van der Waals surface area contributed by atoms with Crippen LogP contribution in [0.5, 0.6) is 0 Å². The van der Waals surface area contributed by atoms with Crippen LogP contribution in [-0.4, -0.2) is 31.7 Å². The van der Waals surface area contributed by atoms with E-state index in [-0.39, 0.29) is 12.1 Å². The number of rotatable bonds is 7. The van der Waals surface area contributed by atoms with E-state index in [4.69, 9.17) is 0 Å². The van der Waals surface area contributed by atoms with Crippen LogP contribution in [0.4, 0.5) is 10.1 Å². The zero-order valence-electron chi connectivity index (χ0n) is 13.2. The van der Waals surface area contributed by atoms with Gasteiger partial charge >= 0.3 is 0 Å². The van der Waals surface area contributed by atoms with Gasteiger partial charge in [-0.15, -0.1) is 0 Å². The fourth-order valence-corrected chi connectivity index (χ4v) is 3.13. The number of benzene rings is 2. The standard InChI is InChI=1S/C17H17FN2O4S/c18-15-9-5-4-6-13(15)10-19-16(21)11-25(23,24)12-17(22)20-14-7-2-1-3-8-14/h1-9H,10-12H2,(H,19,21)(H,20,22). The fourth-order valence-electron chi connectivity index (χ4n) is 2.06. The lowest BCUT2D eigenvalue weighted by atomic mass is 10.2. The van der Waals surface area contributed by atoms with E-state index >= 15 is 0 Å². The molecule has 2 N–H and O–H groups in total. The molecule has 2 aromatic rings. The van der Waals surface area contributed by atoms with E-state index in [0.29, 0.717) is 5.69 Å². The van der Waals surface area contributed by atoms with E-state index < -0.39 is 39.0 Å². The molecule has 132 valence electrons. The Morgan fingerprint density at radius 2 is 1.48 bits per heavy atom. The van der Waals surface area contributed by atoms with Crippen LogP contribution in [0.1, 0.15) is 5.56 Å². The Morgan fingerprint density at radius 3 is 2.16 bits per heavy atom. The van der Waals surface area contributed by atoms with Crippen molar-refractivity contribution in [3.05, 3.63) is 66.0 Å². The highest BCUT2D eigenvalue weighted by atomic mass is 32.2. The molecule has 2 aromatic carbocycles. The van der Waals surface area contributed by atoms with Crippen LogP contribution >= 0.6 is 0 Å². The monoisotopic (exact) mass is 364 g/mol. The predicted octanol–water partition coefficient (Wildman–Crippen LogP) is 1.50. The molecular weight excluding hydrogens is 347 g/mol. The van der Waals surface area contributed by atoms with Gasteiger partial charge in [0.25, 0.3) is 0 Å². The number of hydrogen-bond acceptors (Lipinski definition) is 4. The second-order valence-corrected chi connectivity index (χ2v) is 7.38. The number of sulfone groups is 1. The summed E-state index contributed by atoms with van der Waals surface area (Å²) in [7, 11) is -3.93. The molecule has 25 heavy (non-hydrogen) atoms. The van der Waals surface area contributed by atoms with Crippen LogP contribution in [-0.2, 0) is 26.0 Å². The lowest BCUT2D eigenvalue weighted by Gasteiger charge is -2.08. The van der Waals surface area contributed by atoms with Crippen molar-refractivity contribution in [2.24, 2.45) is 0 Å². The number of amides is 2. The normalized spacial score (nSPS) is 10.9. The Hall–Kier alpha value is -2.74. The summed E-state index contributed by atoms with van der Waals surface area (Å²) < 4.78 is 37.3. The lowest BCUT2D eigenvalue weighted by Crippen LogP contribution is -2.34. The first-order valence-corrected chi connectivity index (χ1v) is 9.23. The Kier molecular flexibility index (Phi) is 6.24. The minimum atomic E-state index is -3.93. The van der Waals surface area contributed by atoms with E-state index in [1.54, 1.807) is 36.4 Å². The smallest absolute Gasteiger partial charge is 0.239 e. The summed E-state index contributed by atoms with van der Waals surface area (Å²) in [6.45, 7) is -0.128. The Labute approximate surface area is 145 Å². The maximum absolute atomic E-state index is 13.4. The zero-order valence-corrected chi connectivity index (χ0v) is 14.1. The van der Waals surface area contributed by atoms with Crippen molar-refractivity contribution in [2.75, 3.05) is 16.8 Å². The van der Waals surface area contributed by atoms with Gasteiger partial charge in [-0.2, -0.15) is 0 Å². The van der Waals surface area contributed by atoms with Gasteiger partial charge in [-0.05, 0) is 18.2 Å². The summed E-state index contributed by atoms with van der Waals surface area (Å²) in [5.74, 6) is -3.67. The van der Waals surface area contributed by atoms with Crippen LogP contribution in [0, 0.1) is 5.82 Å². The third-order valence-corrected chi connectivity index (χ3v) is 4.60. The lowest BCUT2D eigenvalue weighted by molar-refractivity contribution is -0.118. The number of halogens is 1. The minimum Gasteiger partial charge on any atom is -0.351 e. The first-order chi connectivity index (χ1) is 11.9. The number of anilines is 1. The summed E-state index contributed by atoms with van der Waals surface area (Å²) in [6, 6.07) is 14.2. The maximum atomic E-state index is 13.4. The highest BCUT2D eigenvalue weighted by Gasteiger charge is 2.21. The largest absolute Gasteiger partial charge is 0.351 e. The molecule has 0 radical (unpaired) electrons. The molecule has 6 nitrogen and oxygen atoms in total. The summed E-state index contributed by atoms with van der Waals surface area (Å²) in [4.78, 5) is 23.5. The first kappa shape index (κ1) is 18.6. The van der Waals surface area contributed by atoms with Gasteiger partial charge in [-0.1, -0.05) is 36.4 Å². The SMILES string of the molecule is O=C(CS(=O)(=O)CC(=O)Nc1ccccc1)NCc1ccccc1F. The number of carbonyl (C=O) groups excluding carboxylic acids is 2. The molecule has 0 aliphatic heterocycles. The van der Waals surface area contributed by atoms with Crippen molar-refractivity contribution in [1.82, 2.24) is 5.32 Å². The van der Waals surface area contributed by atoms with E-state index in [1.165, 1.54) is 18.2 Å². The molecule has 0 spiro atoms. The molecule has 0 saturated heterocycles. The van der Waals surface area contributed by atoms with E-state index in [2.05, 4.69) is 10.6 Å². The van der Waals surface area contributed by atoms with Crippen molar-refractivity contribution in [3.8, 4) is 0 Å². The highest BCUT2D eigenvalue weighted by Crippen LogP contribution is 2.06. The number of hydrogen-bond donors (Lipinski definition) is 2. The molecule has 0 fully saturated rings. The second-order valence-electron chi connectivity index (χ2n) is 5.31. The number of nitrogens with one attached hydrogen (secondary N) is 2. The van der Waals surface area contributed by atoms with Crippen molar-refractivity contribution in [3.63, 3.8) is 0 Å². The van der Waals surface area contributed by atoms with Crippen LogP contribution in [0.15, 0.2) is 54.6 Å². The number of carbonyl (C=O) groups is 2. The van der Waals surface area contributed by atoms with Crippen LogP contribution in [0.2, 0.25) is 0 Å². The highest BCUT2D eigenvalue weighted by molar-refractivity contribution is 7.92. The minimum absolute atomic E-state index is 0.128. The zero-order chi connectivity index (χ0) is 18.3. The van der Waals surface area contributed by atoms with E-state index in [9.17, 15) is 22.4 Å². The van der Waals surface area contributed by atoms with Gasteiger partial charge in [0.05, 0.1) is 0 Å². The molecule has 2 rings (SSSR count). The van der Waals surface area contributed by atoms with Gasteiger partial charge < -0.3 is 10.6 Å². The van der Waals surface area contributed by atoms with Crippen LogP contribution in [0.25, 0.3) is 0 Å². The summed E-state index contributed by atoms with van der Waals surface area (Å²) in [6.07, 6.45) is 0. The average Bonchev–Trinajstić information content (AvgIpc) is 2.54. The van der Waals surface area contributed by atoms with Crippen LogP contribution < -0.4 is 10.6 Å². The van der Waals surface area contributed by atoms with Gasteiger partial charge in [0.1, 0.15) is 17.3 Å². The van der Waals surface area contributed by atoms with Gasteiger partial charge in [0, 0.05) is 17.8 Å². The molecule has 0 bridgehead atoms. The molecule has 2 amide bonds. The van der Waals surface area contributed by atoms with Crippen molar-refractivity contribution in [2.45, 2.75) is 6.54 Å². The van der Waals surface area contributed by atoms with E-state index in [1.807, 2.05) is 0 Å². The topological polar surface area (TPSA) is 92.3 Å². The number of para-hydroxylation sites is 1. The summed E-state index contributed by atoms with van der Waals surface area (Å²) >= 11 is 0. The third kappa shape index (κ3) is 6.34. The first-order valence-electron chi connectivity index (χ1n) is 7.41.